The number of carbonyl (C=O) groups is 1. The number of rotatable bonds is 6. The Kier molecular flexibility index (Phi) is 5.66. The molecule has 0 unspecified atom stereocenters. The fraction of sp³-hybridized carbons (Fsp3) is 0.412. The lowest BCUT2D eigenvalue weighted by atomic mass is 10.1. The zero-order chi connectivity index (χ0) is 19.4. The summed E-state index contributed by atoms with van der Waals surface area (Å²) in [5.74, 6) is -1.46. The molecule has 1 aliphatic heterocycles. The van der Waals surface area contributed by atoms with Gasteiger partial charge >= 0.3 is 12.1 Å². The third kappa shape index (κ3) is 5.20. The minimum atomic E-state index is -4.55. The number of alkyl halides is 3. The first-order chi connectivity index (χ1) is 12.8. The van der Waals surface area contributed by atoms with Gasteiger partial charge in [-0.15, -0.1) is 0 Å². The number of hydrogen-bond acceptors (Lipinski definition) is 5. The number of halogens is 3. The molecular weight excluding hydrogens is 369 g/mol. The largest absolute Gasteiger partial charge is 0.483 e. The monoisotopic (exact) mass is 386 g/mol. The molecule has 1 aromatic carbocycles. The van der Waals surface area contributed by atoms with Crippen LogP contribution in [-0.2, 0) is 16.0 Å². The highest BCUT2D eigenvalue weighted by Crippen LogP contribution is 2.31. The van der Waals surface area contributed by atoms with E-state index in [4.69, 9.17) is 19.3 Å². The van der Waals surface area contributed by atoms with Crippen molar-refractivity contribution in [1.29, 1.82) is 0 Å². The highest BCUT2D eigenvalue weighted by molar-refractivity contribution is 5.89. The van der Waals surface area contributed by atoms with Crippen LogP contribution in [0.1, 0.15) is 10.4 Å². The molecule has 2 heterocycles. The lowest BCUT2D eigenvalue weighted by Crippen LogP contribution is -2.32. The summed E-state index contributed by atoms with van der Waals surface area (Å²) in [6.07, 6.45) is -3.05. The van der Waals surface area contributed by atoms with Crippen LogP contribution in [-0.4, -0.2) is 59.6 Å². The van der Waals surface area contributed by atoms with E-state index in [1.165, 1.54) is 12.1 Å². The summed E-state index contributed by atoms with van der Waals surface area (Å²) in [5, 5.41) is 13.4. The van der Waals surface area contributed by atoms with Gasteiger partial charge in [-0.2, -0.15) is 18.3 Å². The maximum Gasteiger partial charge on any atom is 0.422 e. The molecule has 10 heteroatoms. The van der Waals surface area contributed by atoms with Crippen LogP contribution in [0.3, 0.4) is 0 Å². The smallest absolute Gasteiger partial charge is 0.422 e. The Bertz CT molecular complexity index is 800. The van der Waals surface area contributed by atoms with Crippen LogP contribution in [0.2, 0.25) is 0 Å². The standard InChI is InChI=1S/C17H17F3N2O5/c18-17(19,20)10-27-15-7-11(16(23)24)1-2-13(15)14-3-4-22(21-14)8-12-9-25-5-6-26-12/h1-4,7,12H,5-6,8-10H2,(H,23,24)/t12-/m0/s1. The number of ether oxygens (including phenoxy) is 3. The molecule has 1 atom stereocenters. The van der Waals surface area contributed by atoms with Crippen molar-refractivity contribution in [2.45, 2.75) is 18.8 Å². The number of hydrogen-bond donors (Lipinski definition) is 1. The van der Waals surface area contributed by atoms with Crippen LogP contribution in [0.15, 0.2) is 30.5 Å². The number of carboxylic acid groups (broad SMARTS) is 1. The molecule has 0 bridgehead atoms. The van der Waals surface area contributed by atoms with Crippen molar-refractivity contribution >= 4 is 5.97 Å². The van der Waals surface area contributed by atoms with Gasteiger partial charge in [0.1, 0.15) is 11.9 Å². The molecule has 1 aromatic heterocycles. The average molecular weight is 386 g/mol. The van der Waals surface area contributed by atoms with Crippen molar-refractivity contribution in [1.82, 2.24) is 9.78 Å². The summed E-state index contributed by atoms with van der Waals surface area (Å²) in [4.78, 5) is 11.1. The van der Waals surface area contributed by atoms with Gasteiger partial charge in [0.15, 0.2) is 6.61 Å². The maximum absolute atomic E-state index is 12.5. The fourth-order valence-electron chi connectivity index (χ4n) is 2.60. The Hall–Kier alpha value is -2.59. The maximum atomic E-state index is 12.5. The minimum Gasteiger partial charge on any atom is -0.483 e. The van der Waals surface area contributed by atoms with Crippen LogP contribution in [0.25, 0.3) is 11.3 Å². The van der Waals surface area contributed by atoms with Crippen LogP contribution in [0.5, 0.6) is 5.75 Å². The normalized spacial score (nSPS) is 17.7. The van der Waals surface area contributed by atoms with E-state index in [9.17, 15) is 18.0 Å². The Morgan fingerprint density at radius 3 is 2.81 bits per heavy atom. The fourth-order valence-corrected chi connectivity index (χ4v) is 2.60. The van der Waals surface area contributed by atoms with Gasteiger partial charge in [-0.25, -0.2) is 4.79 Å². The average Bonchev–Trinajstić information content (AvgIpc) is 3.08. The van der Waals surface area contributed by atoms with Crippen LogP contribution >= 0.6 is 0 Å². The molecule has 1 fully saturated rings. The van der Waals surface area contributed by atoms with Crippen LogP contribution in [0, 0.1) is 0 Å². The third-order valence-corrected chi connectivity index (χ3v) is 3.81. The van der Waals surface area contributed by atoms with E-state index in [1.54, 1.807) is 16.9 Å². The molecular formula is C17H17F3N2O5. The van der Waals surface area contributed by atoms with Gasteiger partial charge in [0.05, 0.1) is 37.6 Å². The molecule has 0 spiro atoms. The number of nitrogens with zero attached hydrogens (tertiary/aromatic N) is 2. The first kappa shape index (κ1) is 19.2. The molecule has 1 aliphatic rings. The zero-order valence-corrected chi connectivity index (χ0v) is 14.1. The lowest BCUT2D eigenvalue weighted by molar-refractivity contribution is -0.153. The number of benzene rings is 1. The van der Waals surface area contributed by atoms with E-state index < -0.39 is 18.8 Å². The highest BCUT2D eigenvalue weighted by atomic mass is 19.4. The van der Waals surface area contributed by atoms with Gasteiger partial charge in [0.25, 0.3) is 0 Å². The minimum absolute atomic E-state index is 0.165. The molecule has 2 aromatic rings. The topological polar surface area (TPSA) is 82.8 Å². The SMILES string of the molecule is O=C(O)c1ccc(-c2ccn(C[C@H]3COCCO3)n2)c(OCC(F)(F)F)c1. The molecule has 0 aliphatic carbocycles. The van der Waals surface area contributed by atoms with Gasteiger partial charge < -0.3 is 19.3 Å². The summed E-state index contributed by atoms with van der Waals surface area (Å²) < 4.78 is 54.8. The van der Waals surface area contributed by atoms with E-state index in [-0.39, 0.29) is 23.0 Å². The Labute approximate surface area is 152 Å². The summed E-state index contributed by atoms with van der Waals surface area (Å²) >= 11 is 0. The Morgan fingerprint density at radius 1 is 1.33 bits per heavy atom. The predicted molar refractivity (Wildman–Crippen MR) is 86.7 cm³/mol. The molecule has 3 rings (SSSR count). The second-order valence-electron chi connectivity index (χ2n) is 5.91. The molecule has 0 saturated carbocycles. The predicted octanol–water partition coefficient (Wildman–Crippen LogP) is 2.60. The third-order valence-electron chi connectivity index (χ3n) is 3.81. The molecule has 0 amide bonds. The van der Waals surface area contributed by atoms with Crippen molar-refractivity contribution in [3.05, 3.63) is 36.0 Å². The summed E-state index contributed by atoms with van der Waals surface area (Å²) in [7, 11) is 0. The van der Waals surface area contributed by atoms with Crippen molar-refractivity contribution in [3.63, 3.8) is 0 Å². The summed E-state index contributed by atoms with van der Waals surface area (Å²) in [5.41, 5.74) is 0.452. The van der Waals surface area contributed by atoms with Gasteiger partial charge in [-0.1, -0.05) is 0 Å². The lowest BCUT2D eigenvalue weighted by Gasteiger charge is -2.22. The van der Waals surface area contributed by atoms with Gasteiger partial charge in [0.2, 0.25) is 0 Å². The zero-order valence-electron chi connectivity index (χ0n) is 14.1. The van der Waals surface area contributed by atoms with Gasteiger partial charge in [-0.05, 0) is 24.3 Å². The molecule has 0 radical (unpaired) electrons. The summed E-state index contributed by atoms with van der Waals surface area (Å²) in [6.45, 7) is 0.354. The molecule has 146 valence electrons. The van der Waals surface area contributed by atoms with Crippen molar-refractivity contribution in [2.24, 2.45) is 0 Å². The second kappa shape index (κ2) is 7.97. The Balaban J connectivity index is 1.82. The molecule has 7 nitrogen and oxygen atoms in total. The van der Waals surface area contributed by atoms with E-state index in [2.05, 4.69) is 5.10 Å². The van der Waals surface area contributed by atoms with Crippen LogP contribution in [0.4, 0.5) is 13.2 Å². The quantitative estimate of drug-likeness (QED) is 0.822. The number of aromatic nitrogens is 2. The van der Waals surface area contributed by atoms with E-state index in [0.717, 1.165) is 6.07 Å². The number of carboxylic acids is 1. The van der Waals surface area contributed by atoms with E-state index in [0.29, 0.717) is 32.1 Å². The Morgan fingerprint density at radius 2 is 2.15 bits per heavy atom. The van der Waals surface area contributed by atoms with Gasteiger partial charge in [-0.3, -0.25) is 4.68 Å². The first-order valence-corrected chi connectivity index (χ1v) is 8.12. The molecule has 1 saturated heterocycles. The highest BCUT2D eigenvalue weighted by Gasteiger charge is 2.29. The van der Waals surface area contributed by atoms with Crippen molar-refractivity contribution in [3.8, 4) is 17.0 Å². The number of aromatic carboxylic acids is 1. The molecule has 27 heavy (non-hydrogen) atoms. The van der Waals surface area contributed by atoms with E-state index in [1.807, 2.05) is 0 Å². The molecule has 1 N–H and O–H groups in total. The summed E-state index contributed by atoms with van der Waals surface area (Å²) in [6, 6.07) is 5.33. The van der Waals surface area contributed by atoms with Crippen LogP contribution < -0.4 is 4.74 Å². The first-order valence-electron chi connectivity index (χ1n) is 8.12. The van der Waals surface area contributed by atoms with E-state index >= 15 is 0 Å². The van der Waals surface area contributed by atoms with Crippen molar-refractivity contribution in [2.75, 3.05) is 26.4 Å². The van der Waals surface area contributed by atoms with Gasteiger partial charge in [0, 0.05) is 11.8 Å². The second-order valence-corrected chi connectivity index (χ2v) is 5.91. The van der Waals surface area contributed by atoms with Crippen molar-refractivity contribution < 1.29 is 37.3 Å².